The van der Waals surface area contributed by atoms with Gasteiger partial charge < -0.3 is 28.4 Å². The van der Waals surface area contributed by atoms with E-state index in [1.54, 1.807) is 30.3 Å². The van der Waals surface area contributed by atoms with Crippen molar-refractivity contribution in [2.75, 3.05) is 66.7 Å². The number of methoxy groups -OCH3 is 2. The highest BCUT2D eigenvalue weighted by Gasteiger charge is 2.23. The van der Waals surface area contributed by atoms with Crippen molar-refractivity contribution in [3.8, 4) is 11.5 Å². The molecule has 1 aromatic heterocycles. The molecular weight excluding hydrogens is 534 g/mol. The number of morpholine rings is 1. The smallest absolute Gasteiger partial charge is 0.242 e. The fourth-order valence-corrected chi connectivity index (χ4v) is 5.26. The Balaban J connectivity index is 1.64. The van der Waals surface area contributed by atoms with Gasteiger partial charge in [0.1, 0.15) is 5.76 Å². The van der Waals surface area contributed by atoms with Gasteiger partial charge in [-0.2, -0.15) is 0 Å². The number of hydrogen-bond donors (Lipinski definition) is 0. The standard InChI is InChI=1S/C33H51N3O6/c1-4-5-6-7-8-9-13-32(37)35(18-11-17-34-20-23-41-24-21-34)27-33(38)36(26-29-12-10-22-42-29)19-16-28-14-15-30(39-2)31(25-28)40-3/h10,12,14-15,22,25H,4-9,11,13,16-21,23-24,26-27H2,1-3H3. The summed E-state index contributed by atoms with van der Waals surface area (Å²) in [4.78, 5) is 33.1. The Morgan fingerprint density at radius 1 is 0.881 bits per heavy atom. The molecule has 2 amide bonds. The summed E-state index contributed by atoms with van der Waals surface area (Å²) in [5.41, 5.74) is 1.03. The molecule has 9 nitrogen and oxygen atoms in total. The number of hydrogen-bond acceptors (Lipinski definition) is 7. The second-order valence-electron chi connectivity index (χ2n) is 11.0. The van der Waals surface area contributed by atoms with Gasteiger partial charge in [-0.05, 0) is 49.1 Å². The lowest BCUT2D eigenvalue weighted by molar-refractivity contribution is -0.141. The molecule has 0 radical (unpaired) electrons. The summed E-state index contributed by atoms with van der Waals surface area (Å²) >= 11 is 0. The van der Waals surface area contributed by atoms with Gasteiger partial charge in [-0.3, -0.25) is 14.5 Å². The summed E-state index contributed by atoms with van der Waals surface area (Å²) in [5, 5.41) is 0. The fourth-order valence-electron chi connectivity index (χ4n) is 5.26. The summed E-state index contributed by atoms with van der Waals surface area (Å²) in [6.45, 7) is 7.92. The van der Waals surface area contributed by atoms with Crippen molar-refractivity contribution in [2.24, 2.45) is 0 Å². The molecule has 0 spiro atoms. The summed E-state index contributed by atoms with van der Waals surface area (Å²) in [6, 6.07) is 9.51. The molecule has 0 atom stereocenters. The van der Waals surface area contributed by atoms with E-state index in [1.165, 1.54) is 19.3 Å². The van der Waals surface area contributed by atoms with Gasteiger partial charge in [-0.1, -0.05) is 45.1 Å². The van der Waals surface area contributed by atoms with Crippen molar-refractivity contribution in [1.82, 2.24) is 14.7 Å². The number of rotatable bonds is 20. The Kier molecular flexibility index (Phi) is 15.3. The average Bonchev–Trinajstić information content (AvgIpc) is 3.54. The van der Waals surface area contributed by atoms with Crippen LogP contribution in [0.15, 0.2) is 41.0 Å². The first-order chi connectivity index (χ1) is 20.5. The van der Waals surface area contributed by atoms with Crippen molar-refractivity contribution in [1.29, 1.82) is 0 Å². The van der Waals surface area contributed by atoms with Gasteiger partial charge in [0.05, 0.1) is 46.8 Å². The molecule has 1 aliphatic rings. The number of carbonyl (C=O) groups is 2. The van der Waals surface area contributed by atoms with Crippen LogP contribution in [-0.2, 0) is 27.3 Å². The van der Waals surface area contributed by atoms with E-state index in [0.29, 0.717) is 49.7 Å². The summed E-state index contributed by atoms with van der Waals surface area (Å²) in [7, 11) is 3.23. The molecule has 9 heteroatoms. The first kappa shape index (κ1) is 33.5. The van der Waals surface area contributed by atoms with E-state index in [1.807, 2.05) is 30.3 Å². The number of nitrogens with zero attached hydrogens (tertiary/aromatic N) is 3. The first-order valence-corrected chi connectivity index (χ1v) is 15.6. The highest BCUT2D eigenvalue weighted by atomic mass is 16.5. The minimum absolute atomic E-state index is 0.0682. The fraction of sp³-hybridized carbons (Fsp3) is 0.636. The number of ether oxygens (including phenoxy) is 3. The molecular formula is C33H51N3O6. The summed E-state index contributed by atoms with van der Waals surface area (Å²) in [5.74, 6) is 2.04. The van der Waals surface area contributed by atoms with Crippen molar-refractivity contribution in [2.45, 2.75) is 71.3 Å². The van der Waals surface area contributed by atoms with Gasteiger partial charge >= 0.3 is 0 Å². The molecule has 1 saturated heterocycles. The number of unbranched alkanes of at least 4 members (excludes halogenated alkanes) is 5. The Bertz CT molecular complexity index is 1040. The van der Waals surface area contributed by atoms with Crippen LogP contribution in [0.2, 0.25) is 0 Å². The maximum atomic E-state index is 13.8. The predicted octanol–water partition coefficient (Wildman–Crippen LogP) is 5.17. The number of furan rings is 1. The second kappa shape index (κ2) is 19.2. The third-order valence-corrected chi connectivity index (χ3v) is 7.83. The quantitative estimate of drug-likeness (QED) is 0.198. The Morgan fingerprint density at radius 2 is 1.64 bits per heavy atom. The summed E-state index contributed by atoms with van der Waals surface area (Å²) in [6.07, 6.45) is 10.3. The predicted molar refractivity (Wildman–Crippen MR) is 164 cm³/mol. The summed E-state index contributed by atoms with van der Waals surface area (Å²) < 4.78 is 21.9. The van der Waals surface area contributed by atoms with Crippen molar-refractivity contribution in [3.63, 3.8) is 0 Å². The molecule has 0 N–H and O–H groups in total. The molecule has 0 unspecified atom stereocenters. The molecule has 1 fully saturated rings. The Labute approximate surface area is 252 Å². The van der Waals surface area contributed by atoms with Crippen LogP contribution in [0.4, 0.5) is 0 Å². The number of benzene rings is 1. The van der Waals surface area contributed by atoms with Gasteiger partial charge in [0.25, 0.3) is 0 Å². The topological polar surface area (TPSA) is 84.7 Å². The SMILES string of the molecule is CCCCCCCCC(=O)N(CCCN1CCOCC1)CC(=O)N(CCc1ccc(OC)c(OC)c1)Cc1ccco1. The van der Waals surface area contributed by atoms with Crippen LogP contribution >= 0.6 is 0 Å². The maximum Gasteiger partial charge on any atom is 0.242 e. The average molecular weight is 586 g/mol. The molecule has 0 aliphatic carbocycles. The highest BCUT2D eigenvalue weighted by molar-refractivity contribution is 5.84. The molecule has 1 aromatic carbocycles. The second-order valence-corrected chi connectivity index (χ2v) is 11.0. The van der Waals surface area contributed by atoms with Gasteiger partial charge in [-0.25, -0.2) is 0 Å². The molecule has 2 heterocycles. The zero-order chi connectivity index (χ0) is 30.0. The van der Waals surface area contributed by atoms with E-state index in [-0.39, 0.29) is 18.4 Å². The van der Waals surface area contributed by atoms with Crippen molar-refractivity contribution < 1.29 is 28.2 Å². The monoisotopic (exact) mass is 585 g/mol. The molecule has 3 rings (SSSR count). The lowest BCUT2D eigenvalue weighted by Crippen LogP contribution is -2.44. The van der Waals surface area contributed by atoms with Gasteiger partial charge in [0, 0.05) is 39.1 Å². The van der Waals surface area contributed by atoms with E-state index in [0.717, 1.165) is 64.1 Å². The van der Waals surface area contributed by atoms with E-state index >= 15 is 0 Å². The Morgan fingerprint density at radius 3 is 2.36 bits per heavy atom. The molecule has 0 bridgehead atoms. The van der Waals surface area contributed by atoms with Crippen LogP contribution in [0.5, 0.6) is 11.5 Å². The first-order valence-electron chi connectivity index (χ1n) is 15.6. The van der Waals surface area contributed by atoms with Crippen LogP contribution in [-0.4, -0.2) is 93.2 Å². The van der Waals surface area contributed by atoms with Crippen molar-refractivity contribution in [3.05, 3.63) is 47.9 Å². The molecule has 2 aromatic rings. The van der Waals surface area contributed by atoms with Crippen LogP contribution in [0, 0.1) is 0 Å². The van der Waals surface area contributed by atoms with Gasteiger partial charge in [-0.15, -0.1) is 0 Å². The zero-order valence-corrected chi connectivity index (χ0v) is 26.0. The molecule has 1 aliphatic heterocycles. The molecule has 0 saturated carbocycles. The number of amides is 2. The zero-order valence-electron chi connectivity index (χ0n) is 26.0. The number of carbonyl (C=O) groups excluding carboxylic acids is 2. The van der Waals surface area contributed by atoms with Crippen LogP contribution in [0.3, 0.4) is 0 Å². The minimum Gasteiger partial charge on any atom is -0.493 e. The van der Waals surface area contributed by atoms with Crippen LogP contribution < -0.4 is 9.47 Å². The largest absolute Gasteiger partial charge is 0.493 e. The minimum atomic E-state index is -0.0745. The van der Waals surface area contributed by atoms with Crippen LogP contribution in [0.25, 0.3) is 0 Å². The Hall–Kier alpha value is -3.04. The maximum absolute atomic E-state index is 13.8. The lowest BCUT2D eigenvalue weighted by atomic mass is 10.1. The van der Waals surface area contributed by atoms with Gasteiger partial charge in [0.15, 0.2) is 11.5 Å². The third kappa shape index (κ3) is 11.7. The van der Waals surface area contributed by atoms with E-state index in [9.17, 15) is 9.59 Å². The highest BCUT2D eigenvalue weighted by Crippen LogP contribution is 2.28. The molecule has 42 heavy (non-hydrogen) atoms. The van der Waals surface area contributed by atoms with E-state index < -0.39 is 0 Å². The van der Waals surface area contributed by atoms with E-state index in [4.69, 9.17) is 18.6 Å². The van der Waals surface area contributed by atoms with Gasteiger partial charge in [0.2, 0.25) is 11.8 Å². The van der Waals surface area contributed by atoms with Crippen LogP contribution in [0.1, 0.15) is 69.6 Å². The normalized spacial score (nSPS) is 13.6. The lowest BCUT2D eigenvalue weighted by Gasteiger charge is -2.30. The molecule has 234 valence electrons. The van der Waals surface area contributed by atoms with E-state index in [2.05, 4.69) is 11.8 Å². The third-order valence-electron chi connectivity index (χ3n) is 7.83. The van der Waals surface area contributed by atoms with Crippen molar-refractivity contribution >= 4 is 11.8 Å².